The Morgan fingerprint density at radius 2 is 1.80 bits per heavy atom. The molecule has 0 fully saturated rings. The van der Waals surface area contributed by atoms with Crippen LogP contribution in [0.5, 0.6) is 0 Å². The molecule has 1 amide bonds. The lowest BCUT2D eigenvalue weighted by Crippen LogP contribution is -2.40. The van der Waals surface area contributed by atoms with E-state index < -0.39 is 0 Å². The highest BCUT2D eigenvalue weighted by Crippen LogP contribution is 2.12. The van der Waals surface area contributed by atoms with E-state index in [0.717, 1.165) is 4.47 Å². The van der Waals surface area contributed by atoms with Gasteiger partial charge < -0.3 is 4.90 Å². The van der Waals surface area contributed by atoms with Crippen molar-refractivity contribution in [2.45, 2.75) is 13.8 Å². The molecule has 0 heterocycles. The van der Waals surface area contributed by atoms with Gasteiger partial charge in [-0.3, -0.25) is 14.5 Å². The van der Waals surface area contributed by atoms with Gasteiger partial charge in [0.25, 0.3) is 0 Å². The summed E-state index contributed by atoms with van der Waals surface area (Å²) in [6, 6.07) is 7.29. The maximum atomic E-state index is 12.1. The first kappa shape index (κ1) is 16.9. The quantitative estimate of drug-likeness (QED) is 0.716. The molecule has 0 saturated heterocycles. The molecule has 1 rings (SSSR count). The van der Waals surface area contributed by atoms with E-state index in [9.17, 15) is 9.59 Å². The number of carbonyl (C=O) groups is 2. The van der Waals surface area contributed by atoms with E-state index in [2.05, 4.69) is 15.9 Å². The van der Waals surface area contributed by atoms with E-state index in [1.54, 1.807) is 29.0 Å². The summed E-state index contributed by atoms with van der Waals surface area (Å²) >= 11 is 3.35. The number of rotatable bonds is 7. The van der Waals surface area contributed by atoms with Crippen LogP contribution in [0.3, 0.4) is 0 Å². The standard InChI is InChI=1S/C15H21BrN2O2/c1-4-18(5-2)15(20)11-17(3)10-14(19)12-7-6-8-13(16)9-12/h6-9H,4-5,10-11H2,1-3H3. The average molecular weight is 341 g/mol. The van der Waals surface area contributed by atoms with Crippen LogP contribution in [0.4, 0.5) is 0 Å². The number of nitrogens with zero attached hydrogens (tertiary/aromatic N) is 2. The van der Waals surface area contributed by atoms with Crippen LogP contribution < -0.4 is 0 Å². The summed E-state index contributed by atoms with van der Waals surface area (Å²) in [5.41, 5.74) is 0.654. The highest BCUT2D eigenvalue weighted by Gasteiger charge is 2.15. The van der Waals surface area contributed by atoms with Crippen LogP contribution >= 0.6 is 15.9 Å². The fourth-order valence-electron chi connectivity index (χ4n) is 1.96. The maximum absolute atomic E-state index is 12.1. The highest BCUT2D eigenvalue weighted by molar-refractivity contribution is 9.10. The Kier molecular flexibility index (Phi) is 6.88. The van der Waals surface area contributed by atoms with Crippen molar-refractivity contribution in [1.29, 1.82) is 0 Å². The number of likely N-dealkylation sites (N-methyl/N-ethyl adjacent to an activating group) is 2. The van der Waals surface area contributed by atoms with E-state index >= 15 is 0 Å². The summed E-state index contributed by atoms with van der Waals surface area (Å²) < 4.78 is 0.880. The fraction of sp³-hybridized carbons (Fsp3) is 0.467. The smallest absolute Gasteiger partial charge is 0.236 e. The first-order valence-electron chi connectivity index (χ1n) is 6.73. The van der Waals surface area contributed by atoms with E-state index in [1.807, 2.05) is 26.0 Å². The second kappa shape index (κ2) is 8.17. The molecule has 20 heavy (non-hydrogen) atoms. The third kappa shape index (κ3) is 5.06. The number of carbonyl (C=O) groups excluding carboxylic acids is 2. The van der Waals surface area contributed by atoms with Crippen molar-refractivity contribution in [3.05, 3.63) is 34.3 Å². The van der Waals surface area contributed by atoms with E-state index in [1.165, 1.54) is 0 Å². The van der Waals surface area contributed by atoms with Gasteiger partial charge in [-0.2, -0.15) is 0 Å². The van der Waals surface area contributed by atoms with Crippen LogP contribution in [-0.4, -0.2) is 54.7 Å². The molecule has 1 aromatic carbocycles. The van der Waals surface area contributed by atoms with Crippen molar-refractivity contribution >= 4 is 27.6 Å². The number of halogens is 1. The first-order valence-corrected chi connectivity index (χ1v) is 7.52. The molecule has 0 aliphatic heterocycles. The van der Waals surface area contributed by atoms with Crippen molar-refractivity contribution in [2.75, 3.05) is 33.2 Å². The Morgan fingerprint density at radius 3 is 2.35 bits per heavy atom. The molecule has 0 saturated carbocycles. The third-order valence-electron chi connectivity index (χ3n) is 3.08. The Labute approximate surface area is 128 Å². The molecule has 5 heteroatoms. The summed E-state index contributed by atoms with van der Waals surface area (Å²) in [5, 5.41) is 0. The van der Waals surface area contributed by atoms with Crippen molar-refractivity contribution in [3.8, 4) is 0 Å². The Balaban J connectivity index is 2.56. The SMILES string of the molecule is CCN(CC)C(=O)CN(C)CC(=O)c1cccc(Br)c1. The zero-order chi connectivity index (χ0) is 15.1. The second-order valence-corrected chi connectivity index (χ2v) is 5.59. The van der Waals surface area contributed by atoms with Gasteiger partial charge in [0.1, 0.15) is 0 Å². The minimum Gasteiger partial charge on any atom is -0.342 e. The van der Waals surface area contributed by atoms with Gasteiger partial charge in [-0.15, -0.1) is 0 Å². The molecule has 0 aromatic heterocycles. The Hall–Kier alpha value is -1.20. The minimum absolute atomic E-state index is 0.0150. The highest BCUT2D eigenvalue weighted by atomic mass is 79.9. The van der Waals surface area contributed by atoms with Crippen LogP contribution in [0.15, 0.2) is 28.7 Å². The average Bonchev–Trinajstić information content (AvgIpc) is 2.39. The van der Waals surface area contributed by atoms with Gasteiger partial charge in [0.2, 0.25) is 5.91 Å². The van der Waals surface area contributed by atoms with Gasteiger partial charge in [0.15, 0.2) is 5.78 Å². The van der Waals surface area contributed by atoms with Gasteiger partial charge >= 0.3 is 0 Å². The second-order valence-electron chi connectivity index (χ2n) is 4.67. The van der Waals surface area contributed by atoms with Crippen molar-refractivity contribution < 1.29 is 9.59 Å². The fourth-order valence-corrected chi connectivity index (χ4v) is 2.36. The van der Waals surface area contributed by atoms with E-state index in [0.29, 0.717) is 18.7 Å². The molecule has 0 spiro atoms. The largest absolute Gasteiger partial charge is 0.342 e. The molecule has 0 bridgehead atoms. The lowest BCUT2D eigenvalue weighted by atomic mass is 10.1. The number of hydrogen-bond donors (Lipinski definition) is 0. The molecular formula is C15H21BrN2O2. The summed E-state index contributed by atoms with van der Waals surface area (Å²) in [7, 11) is 1.79. The molecule has 0 radical (unpaired) electrons. The van der Waals surface area contributed by atoms with Crippen LogP contribution in [-0.2, 0) is 4.79 Å². The minimum atomic E-state index is 0.0150. The summed E-state index contributed by atoms with van der Waals surface area (Å²) in [6.07, 6.45) is 0. The molecule has 0 unspecified atom stereocenters. The summed E-state index contributed by atoms with van der Waals surface area (Å²) in [5.74, 6) is 0.0701. The topological polar surface area (TPSA) is 40.6 Å². The monoisotopic (exact) mass is 340 g/mol. The maximum Gasteiger partial charge on any atom is 0.236 e. The van der Waals surface area contributed by atoms with Crippen LogP contribution in [0, 0.1) is 0 Å². The lowest BCUT2D eigenvalue weighted by Gasteiger charge is -2.22. The van der Waals surface area contributed by atoms with Crippen LogP contribution in [0.1, 0.15) is 24.2 Å². The molecular weight excluding hydrogens is 320 g/mol. The van der Waals surface area contributed by atoms with Gasteiger partial charge in [-0.25, -0.2) is 0 Å². The zero-order valence-electron chi connectivity index (χ0n) is 12.2. The summed E-state index contributed by atoms with van der Waals surface area (Å²) in [4.78, 5) is 27.6. The first-order chi connectivity index (χ1) is 9.47. The van der Waals surface area contributed by atoms with Gasteiger partial charge in [0, 0.05) is 23.1 Å². The van der Waals surface area contributed by atoms with Crippen molar-refractivity contribution in [3.63, 3.8) is 0 Å². The Morgan fingerprint density at radius 1 is 1.15 bits per heavy atom. The Bertz CT molecular complexity index is 473. The summed E-state index contributed by atoms with van der Waals surface area (Å²) in [6.45, 7) is 5.80. The predicted molar refractivity (Wildman–Crippen MR) is 83.9 cm³/mol. The molecule has 0 aliphatic carbocycles. The van der Waals surface area contributed by atoms with Crippen LogP contribution in [0.25, 0.3) is 0 Å². The molecule has 0 aliphatic rings. The number of amides is 1. The normalized spacial score (nSPS) is 10.7. The molecule has 110 valence electrons. The molecule has 1 aromatic rings. The van der Waals surface area contributed by atoms with Crippen molar-refractivity contribution in [2.24, 2.45) is 0 Å². The van der Waals surface area contributed by atoms with Gasteiger partial charge in [-0.05, 0) is 33.0 Å². The number of Topliss-reactive ketones (excluding diaryl/α,β-unsaturated/α-hetero) is 1. The van der Waals surface area contributed by atoms with E-state index in [4.69, 9.17) is 0 Å². The zero-order valence-corrected chi connectivity index (χ0v) is 13.8. The van der Waals surface area contributed by atoms with E-state index in [-0.39, 0.29) is 24.8 Å². The van der Waals surface area contributed by atoms with Gasteiger partial charge in [-0.1, -0.05) is 28.1 Å². The molecule has 0 N–H and O–H groups in total. The number of ketones is 1. The number of benzene rings is 1. The van der Waals surface area contributed by atoms with Crippen molar-refractivity contribution in [1.82, 2.24) is 9.80 Å². The molecule has 0 atom stereocenters. The van der Waals surface area contributed by atoms with Gasteiger partial charge in [0.05, 0.1) is 13.1 Å². The van der Waals surface area contributed by atoms with Crippen LogP contribution in [0.2, 0.25) is 0 Å². The third-order valence-corrected chi connectivity index (χ3v) is 3.57. The number of hydrogen-bond acceptors (Lipinski definition) is 3. The lowest BCUT2D eigenvalue weighted by molar-refractivity contribution is -0.131. The molecule has 4 nitrogen and oxygen atoms in total. The predicted octanol–water partition coefficient (Wildman–Crippen LogP) is 2.43.